The Balaban J connectivity index is 2.03. The van der Waals surface area contributed by atoms with Gasteiger partial charge in [0, 0.05) is 28.3 Å². The van der Waals surface area contributed by atoms with Crippen LogP contribution in [0, 0.1) is 13.8 Å². The van der Waals surface area contributed by atoms with Crippen molar-refractivity contribution in [2.24, 2.45) is 0 Å². The molecule has 94 valence electrons. The molecule has 0 saturated carbocycles. The topological polar surface area (TPSA) is 42.0 Å². The van der Waals surface area contributed by atoms with Gasteiger partial charge in [0.1, 0.15) is 0 Å². The lowest BCUT2D eigenvalue weighted by Crippen LogP contribution is -2.23. The summed E-state index contributed by atoms with van der Waals surface area (Å²) in [6, 6.07) is 1.76. The summed E-state index contributed by atoms with van der Waals surface area (Å²) in [7, 11) is 0. The van der Waals surface area contributed by atoms with E-state index in [-0.39, 0.29) is 5.91 Å². The first kappa shape index (κ1) is 13.2. The Kier molecular flexibility index (Phi) is 4.14. The van der Waals surface area contributed by atoms with E-state index in [9.17, 15) is 4.79 Å². The highest BCUT2D eigenvalue weighted by Gasteiger charge is 2.08. The summed E-state index contributed by atoms with van der Waals surface area (Å²) in [6.07, 6.45) is 3.22. The van der Waals surface area contributed by atoms with Crippen LogP contribution in [-0.2, 0) is 6.54 Å². The number of carbonyl (C=O) groups excluding carboxylic acids is 1. The van der Waals surface area contributed by atoms with Crippen LogP contribution < -0.4 is 5.32 Å². The van der Waals surface area contributed by atoms with Crippen molar-refractivity contribution in [3.05, 3.63) is 49.9 Å². The second-order valence-corrected chi connectivity index (χ2v) is 6.02. The SMILES string of the molecule is Cc1scc(CNC(=O)c2cncc(Br)c2)c1C. The molecule has 1 N–H and O–H groups in total. The summed E-state index contributed by atoms with van der Waals surface area (Å²) in [5.41, 5.74) is 3.00. The smallest absolute Gasteiger partial charge is 0.253 e. The van der Waals surface area contributed by atoms with Crippen LogP contribution in [0.15, 0.2) is 28.3 Å². The maximum atomic E-state index is 11.9. The molecule has 2 heterocycles. The average molecular weight is 325 g/mol. The largest absolute Gasteiger partial charge is 0.348 e. The predicted molar refractivity (Wildman–Crippen MR) is 76.9 cm³/mol. The number of aryl methyl sites for hydroxylation is 1. The van der Waals surface area contributed by atoms with Crippen molar-refractivity contribution < 1.29 is 4.79 Å². The van der Waals surface area contributed by atoms with E-state index in [1.165, 1.54) is 16.0 Å². The van der Waals surface area contributed by atoms with Crippen molar-refractivity contribution in [1.82, 2.24) is 10.3 Å². The van der Waals surface area contributed by atoms with E-state index in [1.54, 1.807) is 29.8 Å². The molecule has 0 radical (unpaired) electrons. The minimum absolute atomic E-state index is 0.105. The molecular formula is C13H13BrN2OS. The molecule has 18 heavy (non-hydrogen) atoms. The van der Waals surface area contributed by atoms with E-state index in [4.69, 9.17) is 0 Å². The lowest BCUT2D eigenvalue weighted by atomic mass is 10.2. The molecule has 2 aromatic rings. The van der Waals surface area contributed by atoms with Crippen LogP contribution >= 0.6 is 27.3 Å². The van der Waals surface area contributed by atoms with Crippen molar-refractivity contribution in [3.8, 4) is 0 Å². The van der Waals surface area contributed by atoms with Crippen LogP contribution in [0.25, 0.3) is 0 Å². The number of halogens is 1. The fraction of sp³-hybridized carbons (Fsp3) is 0.231. The van der Waals surface area contributed by atoms with Crippen LogP contribution in [0.4, 0.5) is 0 Å². The Morgan fingerprint density at radius 2 is 2.22 bits per heavy atom. The third-order valence-electron chi connectivity index (χ3n) is 2.79. The lowest BCUT2D eigenvalue weighted by molar-refractivity contribution is 0.0950. The Morgan fingerprint density at radius 1 is 1.44 bits per heavy atom. The highest BCUT2D eigenvalue weighted by molar-refractivity contribution is 9.10. The zero-order valence-electron chi connectivity index (χ0n) is 10.2. The van der Waals surface area contributed by atoms with Gasteiger partial charge in [-0.1, -0.05) is 0 Å². The molecule has 5 heteroatoms. The number of aromatic nitrogens is 1. The van der Waals surface area contributed by atoms with Crippen molar-refractivity contribution in [3.63, 3.8) is 0 Å². The standard InChI is InChI=1S/C13H13BrN2OS/c1-8-9(2)18-7-11(8)5-16-13(17)10-3-12(14)6-15-4-10/h3-4,6-7H,5H2,1-2H3,(H,16,17). The Labute approximate surface area is 118 Å². The molecule has 2 aromatic heterocycles. The number of nitrogens with zero attached hydrogens (tertiary/aromatic N) is 1. The average Bonchev–Trinajstić information content (AvgIpc) is 2.67. The first-order valence-corrected chi connectivity index (χ1v) is 7.17. The van der Waals surface area contributed by atoms with E-state index >= 15 is 0 Å². The quantitative estimate of drug-likeness (QED) is 0.939. The van der Waals surface area contributed by atoms with Gasteiger partial charge in [-0.25, -0.2) is 0 Å². The second-order valence-electron chi connectivity index (χ2n) is 4.02. The molecule has 0 saturated heterocycles. The van der Waals surface area contributed by atoms with Crippen LogP contribution in [0.3, 0.4) is 0 Å². The summed E-state index contributed by atoms with van der Waals surface area (Å²) in [5, 5.41) is 4.99. The van der Waals surface area contributed by atoms with Gasteiger partial charge in [0.05, 0.1) is 5.56 Å². The van der Waals surface area contributed by atoms with Gasteiger partial charge in [-0.15, -0.1) is 11.3 Å². The Hall–Kier alpha value is -1.20. The molecular weight excluding hydrogens is 312 g/mol. The molecule has 0 bridgehead atoms. The minimum Gasteiger partial charge on any atom is -0.348 e. The highest BCUT2D eigenvalue weighted by Crippen LogP contribution is 2.20. The molecule has 0 aromatic carbocycles. The fourth-order valence-electron chi connectivity index (χ4n) is 1.55. The van der Waals surface area contributed by atoms with Gasteiger partial charge in [-0.3, -0.25) is 9.78 Å². The fourth-order valence-corrected chi connectivity index (χ4v) is 2.80. The Bertz CT molecular complexity index is 580. The predicted octanol–water partition coefficient (Wildman–Crippen LogP) is 3.45. The van der Waals surface area contributed by atoms with Gasteiger partial charge >= 0.3 is 0 Å². The first-order chi connectivity index (χ1) is 8.58. The summed E-state index contributed by atoms with van der Waals surface area (Å²) >= 11 is 5.01. The van der Waals surface area contributed by atoms with Crippen molar-refractivity contribution >= 4 is 33.2 Å². The number of rotatable bonds is 3. The maximum Gasteiger partial charge on any atom is 0.253 e. The molecule has 1 amide bonds. The Morgan fingerprint density at radius 3 is 2.83 bits per heavy atom. The molecule has 0 unspecified atom stereocenters. The second kappa shape index (κ2) is 5.63. The summed E-state index contributed by atoms with van der Waals surface area (Å²) in [5.74, 6) is -0.105. The third kappa shape index (κ3) is 2.97. The van der Waals surface area contributed by atoms with Crippen molar-refractivity contribution in [2.45, 2.75) is 20.4 Å². The highest BCUT2D eigenvalue weighted by atomic mass is 79.9. The molecule has 0 aliphatic carbocycles. The number of carbonyl (C=O) groups is 1. The number of hydrogen-bond donors (Lipinski definition) is 1. The number of thiophene rings is 1. The number of nitrogens with one attached hydrogen (secondary N) is 1. The van der Waals surface area contributed by atoms with Crippen LogP contribution in [0.1, 0.15) is 26.4 Å². The van der Waals surface area contributed by atoms with E-state index < -0.39 is 0 Å². The van der Waals surface area contributed by atoms with Crippen LogP contribution in [0.5, 0.6) is 0 Å². The molecule has 0 spiro atoms. The zero-order valence-corrected chi connectivity index (χ0v) is 12.6. The molecule has 0 atom stereocenters. The van der Waals surface area contributed by atoms with Crippen molar-refractivity contribution in [2.75, 3.05) is 0 Å². The minimum atomic E-state index is -0.105. The molecule has 0 aliphatic rings. The summed E-state index contributed by atoms with van der Waals surface area (Å²) < 4.78 is 0.803. The molecule has 2 rings (SSSR count). The van der Waals surface area contributed by atoms with Gasteiger partial charge in [0.25, 0.3) is 5.91 Å². The lowest BCUT2D eigenvalue weighted by Gasteiger charge is -2.05. The maximum absolute atomic E-state index is 11.9. The number of hydrogen-bond acceptors (Lipinski definition) is 3. The molecule has 3 nitrogen and oxygen atoms in total. The van der Waals surface area contributed by atoms with Gasteiger partial charge in [-0.2, -0.15) is 0 Å². The molecule has 0 aliphatic heterocycles. The van der Waals surface area contributed by atoms with Crippen LogP contribution in [0.2, 0.25) is 0 Å². The van der Waals surface area contributed by atoms with Crippen molar-refractivity contribution in [1.29, 1.82) is 0 Å². The van der Waals surface area contributed by atoms with Gasteiger partial charge in [-0.05, 0) is 52.4 Å². The van der Waals surface area contributed by atoms with E-state index in [0.29, 0.717) is 12.1 Å². The zero-order chi connectivity index (χ0) is 13.1. The first-order valence-electron chi connectivity index (χ1n) is 5.50. The van der Waals surface area contributed by atoms with Gasteiger partial charge in [0.15, 0.2) is 0 Å². The number of pyridine rings is 1. The van der Waals surface area contributed by atoms with Gasteiger partial charge < -0.3 is 5.32 Å². The third-order valence-corrected chi connectivity index (χ3v) is 4.29. The monoisotopic (exact) mass is 324 g/mol. The van der Waals surface area contributed by atoms with Gasteiger partial charge in [0.2, 0.25) is 0 Å². The normalized spacial score (nSPS) is 10.4. The van der Waals surface area contributed by atoms with Crippen LogP contribution in [-0.4, -0.2) is 10.9 Å². The van der Waals surface area contributed by atoms with E-state index in [0.717, 1.165) is 4.47 Å². The summed E-state index contributed by atoms with van der Waals surface area (Å²) in [4.78, 5) is 17.2. The van der Waals surface area contributed by atoms with E-state index in [1.807, 2.05) is 0 Å². The van der Waals surface area contributed by atoms with E-state index in [2.05, 4.69) is 45.5 Å². The number of amides is 1. The summed E-state index contributed by atoms with van der Waals surface area (Å²) in [6.45, 7) is 4.72. The molecule has 0 fully saturated rings.